The number of anilines is 1. The van der Waals surface area contributed by atoms with Crippen LogP contribution in [0.3, 0.4) is 0 Å². The smallest absolute Gasteiger partial charge is 0.243 e. The number of rotatable bonds is 4. The van der Waals surface area contributed by atoms with Crippen molar-refractivity contribution >= 4 is 43.5 Å². The van der Waals surface area contributed by atoms with Crippen LogP contribution in [0.25, 0.3) is 11.3 Å². The average molecular weight is 473 g/mol. The zero-order valence-electron chi connectivity index (χ0n) is 15.4. The lowest BCUT2D eigenvalue weighted by Crippen LogP contribution is -2.44. The van der Waals surface area contributed by atoms with E-state index in [0.29, 0.717) is 18.0 Å². The van der Waals surface area contributed by atoms with Gasteiger partial charge < -0.3 is 9.80 Å². The Morgan fingerprint density at radius 2 is 1.59 bits per heavy atom. The first-order chi connectivity index (χ1) is 12.5. The summed E-state index contributed by atoms with van der Waals surface area (Å²) in [4.78, 5) is 9.78. The number of nitrogens with zero attached hydrogens (tertiary/aromatic N) is 4. The summed E-state index contributed by atoms with van der Waals surface area (Å²) in [6.45, 7) is 5.36. The molecule has 1 aromatic carbocycles. The van der Waals surface area contributed by atoms with E-state index in [2.05, 4.69) is 22.2 Å². The Morgan fingerprint density at radius 1 is 0.963 bits per heavy atom. The van der Waals surface area contributed by atoms with Gasteiger partial charge in [-0.05, 0) is 32.0 Å². The van der Waals surface area contributed by atoms with Gasteiger partial charge in [0.05, 0.1) is 10.6 Å². The highest BCUT2D eigenvalue weighted by Crippen LogP contribution is 2.29. The highest BCUT2D eigenvalue weighted by molar-refractivity contribution is 8.93. The fraction of sp³-hybridized carbons (Fsp3) is 0.500. The number of hydrogen-bond donors (Lipinski definition) is 0. The zero-order valence-corrected chi connectivity index (χ0v) is 18.7. The van der Waals surface area contributed by atoms with Crippen LogP contribution < -0.4 is 4.90 Å². The van der Waals surface area contributed by atoms with E-state index >= 15 is 0 Å². The molecule has 0 spiro atoms. The number of hydrogen-bond acceptors (Lipinski definition) is 6. The van der Waals surface area contributed by atoms with Gasteiger partial charge >= 0.3 is 0 Å². The minimum absolute atomic E-state index is 0. The van der Waals surface area contributed by atoms with Crippen molar-refractivity contribution in [2.75, 3.05) is 51.2 Å². The maximum absolute atomic E-state index is 12.6. The van der Waals surface area contributed by atoms with Gasteiger partial charge in [-0.25, -0.2) is 13.4 Å². The first kappa shape index (κ1) is 20.7. The van der Waals surface area contributed by atoms with Gasteiger partial charge in [-0.2, -0.15) is 4.31 Å². The topological polar surface area (TPSA) is 56.8 Å². The molecule has 2 aromatic rings. The second kappa shape index (κ2) is 8.57. The van der Waals surface area contributed by atoms with E-state index in [1.54, 1.807) is 27.8 Å². The van der Waals surface area contributed by atoms with Gasteiger partial charge in [0.25, 0.3) is 0 Å². The van der Waals surface area contributed by atoms with Crippen molar-refractivity contribution in [3.05, 3.63) is 29.6 Å². The highest BCUT2D eigenvalue weighted by atomic mass is 79.9. The Labute approximate surface area is 175 Å². The van der Waals surface area contributed by atoms with Gasteiger partial charge in [-0.15, -0.1) is 28.3 Å². The molecule has 6 nitrogen and oxygen atoms in total. The van der Waals surface area contributed by atoms with Crippen molar-refractivity contribution in [2.24, 2.45) is 0 Å². The summed E-state index contributed by atoms with van der Waals surface area (Å²) in [5.41, 5.74) is 1.87. The van der Waals surface area contributed by atoms with Crippen LogP contribution >= 0.6 is 28.3 Å². The molecule has 27 heavy (non-hydrogen) atoms. The van der Waals surface area contributed by atoms with Crippen molar-refractivity contribution < 1.29 is 8.42 Å². The van der Waals surface area contributed by atoms with Gasteiger partial charge in [0.15, 0.2) is 5.13 Å². The monoisotopic (exact) mass is 472 g/mol. The third-order valence-corrected chi connectivity index (χ3v) is 7.93. The Morgan fingerprint density at radius 3 is 2.22 bits per heavy atom. The van der Waals surface area contributed by atoms with Crippen molar-refractivity contribution in [1.82, 2.24) is 14.2 Å². The van der Waals surface area contributed by atoms with E-state index in [-0.39, 0.29) is 17.0 Å². The van der Waals surface area contributed by atoms with Gasteiger partial charge in [-0.1, -0.05) is 12.1 Å². The molecule has 148 valence electrons. The predicted molar refractivity (Wildman–Crippen MR) is 116 cm³/mol. The van der Waals surface area contributed by atoms with Crippen LogP contribution in [-0.4, -0.2) is 68.9 Å². The molecule has 1 aromatic heterocycles. The summed E-state index contributed by atoms with van der Waals surface area (Å²) in [6, 6.07) is 7.15. The molecule has 4 rings (SSSR count). The minimum atomic E-state index is -3.35. The van der Waals surface area contributed by atoms with Crippen molar-refractivity contribution in [2.45, 2.75) is 17.7 Å². The molecule has 9 heteroatoms. The SMILES string of the molecule is Br.CN1CCN(c2nc(-c3ccc(S(=O)(=O)N4CCCC4)cc3)cs2)CC1. The normalized spacial score (nSPS) is 19.2. The Hall–Kier alpha value is -1.00. The van der Waals surface area contributed by atoms with Gasteiger partial charge in [0.2, 0.25) is 10.0 Å². The lowest BCUT2D eigenvalue weighted by molar-refractivity contribution is 0.313. The van der Waals surface area contributed by atoms with Gasteiger partial charge in [0.1, 0.15) is 0 Å². The summed E-state index contributed by atoms with van der Waals surface area (Å²) in [6.07, 6.45) is 1.90. The zero-order chi connectivity index (χ0) is 18.1. The maximum atomic E-state index is 12.6. The van der Waals surface area contributed by atoms with E-state index < -0.39 is 10.0 Å². The Balaban J connectivity index is 0.00000210. The third kappa shape index (κ3) is 4.37. The van der Waals surface area contributed by atoms with Crippen molar-refractivity contribution in [1.29, 1.82) is 0 Å². The van der Waals surface area contributed by atoms with Gasteiger partial charge in [-0.3, -0.25) is 0 Å². The summed E-state index contributed by atoms with van der Waals surface area (Å²) < 4.78 is 26.8. The lowest BCUT2D eigenvalue weighted by atomic mass is 10.2. The number of sulfonamides is 1. The molecule has 0 radical (unpaired) electrons. The second-order valence-corrected chi connectivity index (χ2v) is 9.72. The Kier molecular flexibility index (Phi) is 6.58. The van der Waals surface area contributed by atoms with E-state index in [4.69, 9.17) is 4.98 Å². The van der Waals surface area contributed by atoms with Crippen LogP contribution in [-0.2, 0) is 10.0 Å². The standard InChI is InChI=1S/C18H24N4O2S2.BrH/c1-20-10-12-21(13-11-20)18-19-17(14-25-18)15-4-6-16(7-5-15)26(23,24)22-8-2-3-9-22;/h4-7,14H,2-3,8-13H2,1H3;1H. The summed E-state index contributed by atoms with van der Waals surface area (Å²) in [5.74, 6) is 0. The largest absolute Gasteiger partial charge is 0.346 e. The number of likely N-dealkylation sites (N-methyl/N-ethyl adjacent to an activating group) is 1. The van der Waals surface area contributed by atoms with Crippen molar-refractivity contribution in [3.63, 3.8) is 0 Å². The van der Waals surface area contributed by atoms with Crippen LogP contribution in [0.1, 0.15) is 12.8 Å². The number of aromatic nitrogens is 1. The molecule has 0 unspecified atom stereocenters. The fourth-order valence-corrected chi connectivity index (χ4v) is 5.82. The molecule has 0 atom stereocenters. The summed E-state index contributed by atoms with van der Waals surface area (Å²) >= 11 is 1.65. The van der Waals surface area contributed by atoms with Crippen LogP contribution in [0.2, 0.25) is 0 Å². The van der Waals surface area contributed by atoms with Crippen molar-refractivity contribution in [3.8, 4) is 11.3 Å². The molecular formula is C18H25BrN4O2S2. The number of piperazine rings is 1. The lowest BCUT2D eigenvalue weighted by Gasteiger charge is -2.32. The molecule has 2 aliphatic heterocycles. The van der Waals surface area contributed by atoms with E-state index in [1.807, 2.05) is 12.1 Å². The molecule has 0 amide bonds. The van der Waals surface area contributed by atoms with Crippen LogP contribution in [0.4, 0.5) is 5.13 Å². The average Bonchev–Trinajstić information content (AvgIpc) is 3.35. The number of benzene rings is 1. The predicted octanol–water partition coefficient (Wildman–Crippen LogP) is 2.92. The molecule has 3 heterocycles. The molecule has 0 N–H and O–H groups in total. The summed E-state index contributed by atoms with van der Waals surface area (Å²) in [7, 11) is -1.21. The second-order valence-electron chi connectivity index (χ2n) is 6.94. The molecule has 0 bridgehead atoms. The van der Waals surface area contributed by atoms with Crippen LogP contribution in [0.5, 0.6) is 0 Å². The van der Waals surface area contributed by atoms with Crippen LogP contribution in [0.15, 0.2) is 34.5 Å². The first-order valence-corrected chi connectivity index (χ1v) is 11.4. The number of thiazole rings is 1. The molecule has 2 fully saturated rings. The van der Waals surface area contributed by atoms with Crippen LogP contribution in [0, 0.1) is 0 Å². The van der Waals surface area contributed by atoms with Gasteiger partial charge in [0, 0.05) is 50.2 Å². The fourth-order valence-electron chi connectivity index (χ4n) is 3.42. The van der Waals surface area contributed by atoms with E-state index in [9.17, 15) is 8.42 Å². The third-order valence-electron chi connectivity index (χ3n) is 5.12. The molecule has 2 saturated heterocycles. The maximum Gasteiger partial charge on any atom is 0.243 e. The molecular weight excluding hydrogens is 448 g/mol. The minimum Gasteiger partial charge on any atom is -0.346 e. The first-order valence-electron chi connectivity index (χ1n) is 9.04. The molecule has 0 aliphatic carbocycles. The summed E-state index contributed by atoms with van der Waals surface area (Å²) in [5, 5.41) is 3.10. The Bertz CT molecular complexity index is 856. The van der Waals surface area contributed by atoms with E-state index in [1.165, 1.54) is 0 Å². The number of halogens is 1. The molecule has 2 aliphatic rings. The molecule has 0 saturated carbocycles. The van der Waals surface area contributed by atoms with E-state index in [0.717, 1.165) is 55.4 Å². The quantitative estimate of drug-likeness (QED) is 0.684. The highest BCUT2D eigenvalue weighted by Gasteiger charge is 2.27.